The Kier molecular flexibility index (Phi) is 7.91. The highest BCUT2D eigenvalue weighted by Gasteiger charge is 2.19. The second kappa shape index (κ2) is 11.2. The van der Waals surface area contributed by atoms with E-state index in [1.165, 1.54) is 11.3 Å². The van der Waals surface area contributed by atoms with E-state index in [0.29, 0.717) is 12.5 Å². The summed E-state index contributed by atoms with van der Waals surface area (Å²) >= 11 is 1.73. The topological polar surface area (TPSA) is 57.3 Å². The van der Waals surface area contributed by atoms with Gasteiger partial charge >= 0.3 is 0 Å². The molecule has 1 amide bonds. The van der Waals surface area contributed by atoms with Crippen molar-refractivity contribution in [1.82, 2.24) is 10.3 Å². The normalized spacial score (nSPS) is 14.5. The molecule has 2 aromatic carbocycles. The number of aryl methyl sites for hydroxylation is 2. The number of hydrogen-bond donors (Lipinski definition) is 2. The van der Waals surface area contributed by atoms with Crippen molar-refractivity contribution >= 4 is 28.6 Å². The lowest BCUT2D eigenvalue weighted by molar-refractivity contribution is -0.116. The third-order valence-electron chi connectivity index (χ3n) is 5.91. The number of nitrogens with one attached hydrogen (secondary N) is 2. The third kappa shape index (κ3) is 6.65. The molecule has 0 saturated carbocycles. The summed E-state index contributed by atoms with van der Waals surface area (Å²) in [4.78, 5) is 19.3. The van der Waals surface area contributed by atoms with Crippen LogP contribution in [0.1, 0.15) is 41.9 Å². The maximum absolute atomic E-state index is 12.4. The maximum atomic E-state index is 12.4. The molecule has 3 aromatic rings. The molecule has 0 aliphatic carbocycles. The number of hydrogen-bond acceptors (Lipinski definition) is 5. The van der Waals surface area contributed by atoms with Gasteiger partial charge in [-0.05, 0) is 56.4 Å². The van der Waals surface area contributed by atoms with Crippen molar-refractivity contribution in [3.8, 4) is 0 Å². The second-order valence-corrected chi connectivity index (χ2v) is 9.41. The van der Waals surface area contributed by atoms with Crippen molar-refractivity contribution < 1.29 is 4.79 Å². The summed E-state index contributed by atoms with van der Waals surface area (Å²) < 4.78 is 0. The Hall–Kier alpha value is -2.70. The van der Waals surface area contributed by atoms with Crippen LogP contribution >= 0.6 is 11.3 Å². The summed E-state index contributed by atoms with van der Waals surface area (Å²) in [5, 5.41) is 10.00. The largest absolute Gasteiger partial charge is 0.371 e. The molecule has 168 valence electrons. The van der Waals surface area contributed by atoms with Gasteiger partial charge in [-0.15, -0.1) is 11.3 Å². The number of aromatic nitrogens is 1. The van der Waals surface area contributed by atoms with Crippen molar-refractivity contribution in [2.24, 2.45) is 0 Å². The molecule has 1 aliphatic heterocycles. The first-order valence-electron chi connectivity index (χ1n) is 11.5. The quantitative estimate of drug-likeness (QED) is 0.474. The monoisotopic (exact) mass is 448 g/mol. The van der Waals surface area contributed by atoms with E-state index < -0.39 is 0 Å². The number of piperidine rings is 1. The van der Waals surface area contributed by atoms with Gasteiger partial charge in [0.15, 0.2) is 0 Å². The zero-order chi connectivity index (χ0) is 22.2. The number of carbonyl (C=O) groups is 1. The second-order valence-electron chi connectivity index (χ2n) is 8.46. The van der Waals surface area contributed by atoms with E-state index in [1.54, 1.807) is 11.3 Å². The number of rotatable bonds is 9. The van der Waals surface area contributed by atoms with E-state index in [2.05, 4.69) is 50.2 Å². The fourth-order valence-electron chi connectivity index (χ4n) is 4.16. The predicted molar refractivity (Wildman–Crippen MR) is 133 cm³/mol. The summed E-state index contributed by atoms with van der Waals surface area (Å²) in [5.41, 5.74) is 4.44. The molecule has 5 nitrogen and oxygen atoms in total. The fraction of sp³-hybridized carbons (Fsp3) is 0.385. The minimum absolute atomic E-state index is 0.0819. The first-order valence-corrected chi connectivity index (χ1v) is 12.4. The van der Waals surface area contributed by atoms with Gasteiger partial charge in [-0.25, -0.2) is 4.98 Å². The van der Waals surface area contributed by atoms with Gasteiger partial charge in [0.25, 0.3) is 0 Å². The molecular formula is C26H32N4OS. The molecule has 0 unspecified atom stereocenters. The number of anilines is 2. The van der Waals surface area contributed by atoms with E-state index in [-0.39, 0.29) is 5.91 Å². The van der Waals surface area contributed by atoms with Crippen LogP contribution in [0.15, 0.2) is 60.0 Å². The highest BCUT2D eigenvalue weighted by molar-refractivity contribution is 7.09. The van der Waals surface area contributed by atoms with Crippen LogP contribution in [0, 0.1) is 6.92 Å². The average molecular weight is 449 g/mol. The van der Waals surface area contributed by atoms with E-state index >= 15 is 0 Å². The van der Waals surface area contributed by atoms with Gasteiger partial charge in [-0.2, -0.15) is 0 Å². The van der Waals surface area contributed by atoms with Gasteiger partial charge < -0.3 is 15.5 Å². The van der Waals surface area contributed by atoms with Crippen molar-refractivity contribution in [2.75, 3.05) is 23.3 Å². The summed E-state index contributed by atoms with van der Waals surface area (Å²) in [6.45, 7) is 4.93. The van der Waals surface area contributed by atoms with Gasteiger partial charge in [0.1, 0.15) is 5.01 Å². The van der Waals surface area contributed by atoms with Crippen LogP contribution in [0.4, 0.5) is 11.4 Å². The molecule has 6 heteroatoms. The van der Waals surface area contributed by atoms with Gasteiger partial charge in [0.05, 0.1) is 0 Å². The first-order chi connectivity index (χ1) is 15.7. The van der Waals surface area contributed by atoms with Crippen LogP contribution in [0.2, 0.25) is 0 Å². The molecule has 0 spiro atoms. The lowest BCUT2D eigenvalue weighted by Crippen LogP contribution is -2.42. The summed E-state index contributed by atoms with van der Waals surface area (Å²) in [6.07, 6.45) is 4.55. The smallest absolute Gasteiger partial charge is 0.224 e. The Morgan fingerprint density at radius 1 is 1.12 bits per heavy atom. The zero-order valence-corrected chi connectivity index (χ0v) is 19.5. The summed E-state index contributed by atoms with van der Waals surface area (Å²) in [6, 6.07) is 19.1. The van der Waals surface area contributed by atoms with Gasteiger partial charge in [-0.3, -0.25) is 4.79 Å². The van der Waals surface area contributed by atoms with Gasteiger partial charge in [0, 0.05) is 54.5 Å². The zero-order valence-electron chi connectivity index (χ0n) is 18.7. The molecular weight excluding hydrogens is 416 g/mol. The van der Waals surface area contributed by atoms with Crippen molar-refractivity contribution in [2.45, 2.75) is 51.6 Å². The van der Waals surface area contributed by atoms with Crippen molar-refractivity contribution in [3.63, 3.8) is 0 Å². The number of thiazole rings is 1. The maximum Gasteiger partial charge on any atom is 0.224 e. The predicted octanol–water partition coefficient (Wildman–Crippen LogP) is 5.17. The van der Waals surface area contributed by atoms with E-state index in [0.717, 1.165) is 61.7 Å². The molecule has 1 aliphatic rings. The SMILES string of the molecule is Cc1csc(CNC2CCN(c3cccc(NC(=O)CCCc4ccccc4)c3)CC2)n1. The molecule has 1 saturated heterocycles. The molecule has 0 atom stereocenters. The molecule has 32 heavy (non-hydrogen) atoms. The van der Waals surface area contributed by atoms with E-state index in [1.807, 2.05) is 37.3 Å². The van der Waals surface area contributed by atoms with Gasteiger partial charge in [0.2, 0.25) is 5.91 Å². The van der Waals surface area contributed by atoms with Crippen LogP contribution in [0.5, 0.6) is 0 Å². The van der Waals surface area contributed by atoms with Crippen LogP contribution in [-0.2, 0) is 17.8 Å². The molecule has 4 rings (SSSR count). The Labute approximate surface area is 194 Å². The molecule has 0 bridgehead atoms. The average Bonchev–Trinajstić information content (AvgIpc) is 3.24. The number of nitrogens with zero attached hydrogens (tertiary/aromatic N) is 2. The standard InChI is InChI=1S/C26H32N4OS/c1-20-19-32-26(28-20)18-27-22-13-15-30(16-14-22)24-11-6-10-23(17-24)29-25(31)12-5-9-21-7-3-2-4-8-21/h2-4,6-8,10-11,17,19,22,27H,5,9,12-16,18H2,1H3,(H,29,31). The van der Waals surface area contributed by atoms with Crippen molar-refractivity contribution in [3.05, 3.63) is 76.2 Å². The third-order valence-corrected chi connectivity index (χ3v) is 6.88. The summed E-state index contributed by atoms with van der Waals surface area (Å²) in [5.74, 6) is 0.0819. The molecule has 0 radical (unpaired) electrons. The molecule has 1 aromatic heterocycles. The van der Waals surface area contributed by atoms with Crippen LogP contribution in [-0.4, -0.2) is 30.0 Å². The lowest BCUT2D eigenvalue weighted by atomic mass is 10.0. The minimum atomic E-state index is 0.0819. The number of benzene rings is 2. The first kappa shape index (κ1) is 22.5. The Morgan fingerprint density at radius 3 is 2.69 bits per heavy atom. The highest BCUT2D eigenvalue weighted by atomic mass is 32.1. The molecule has 1 fully saturated rings. The highest BCUT2D eigenvalue weighted by Crippen LogP contribution is 2.24. The van der Waals surface area contributed by atoms with Crippen LogP contribution in [0.25, 0.3) is 0 Å². The number of carbonyl (C=O) groups excluding carboxylic acids is 1. The van der Waals surface area contributed by atoms with E-state index in [9.17, 15) is 4.79 Å². The van der Waals surface area contributed by atoms with Crippen molar-refractivity contribution in [1.29, 1.82) is 0 Å². The number of amides is 1. The Morgan fingerprint density at radius 2 is 1.94 bits per heavy atom. The lowest BCUT2D eigenvalue weighted by Gasteiger charge is -2.34. The fourth-order valence-corrected chi connectivity index (χ4v) is 4.88. The molecule has 2 N–H and O–H groups in total. The molecule has 2 heterocycles. The Bertz CT molecular complexity index is 996. The van der Waals surface area contributed by atoms with Crippen LogP contribution < -0.4 is 15.5 Å². The Balaban J connectivity index is 1.21. The van der Waals surface area contributed by atoms with Gasteiger partial charge in [-0.1, -0.05) is 36.4 Å². The summed E-state index contributed by atoms with van der Waals surface area (Å²) in [7, 11) is 0. The minimum Gasteiger partial charge on any atom is -0.371 e. The van der Waals surface area contributed by atoms with E-state index in [4.69, 9.17) is 0 Å². The van der Waals surface area contributed by atoms with Crippen LogP contribution in [0.3, 0.4) is 0 Å².